The third-order valence-electron chi connectivity index (χ3n) is 7.22. The van der Waals surface area contributed by atoms with E-state index in [1.165, 1.54) is 5.56 Å². The van der Waals surface area contributed by atoms with E-state index in [9.17, 15) is 14.9 Å². The van der Waals surface area contributed by atoms with Gasteiger partial charge in [-0.1, -0.05) is 24.3 Å². The fraction of sp³-hybridized carbons (Fsp3) is 0.423. The van der Waals surface area contributed by atoms with E-state index in [1.54, 1.807) is 15.6 Å². The van der Waals surface area contributed by atoms with Crippen LogP contribution in [0.4, 0.5) is 5.82 Å². The molecule has 0 unspecified atom stereocenters. The number of amides is 2. The Morgan fingerprint density at radius 2 is 1.89 bits per heavy atom. The van der Waals surface area contributed by atoms with Gasteiger partial charge in [-0.05, 0) is 37.3 Å². The molecule has 3 N–H and O–H groups in total. The number of aryl methyl sites for hydroxylation is 1. The summed E-state index contributed by atoms with van der Waals surface area (Å²) in [6.07, 6.45) is 6.87. The van der Waals surface area contributed by atoms with Crippen LogP contribution < -0.4 is 11.1 Å². The van der Waals surface area contributed by atoms with Crippen molar-refractivity contribution in [3.05, 3.63) is 53.9 Å². The number of anilines is 1. The van der Waals surface area contributed by atoms with Crippen molar-refractivity contribution >= 4 is 17.6 Å². The van der Waals surface area contributed by atoms with Gasteiger partial charge in [0.05, 0.1) is 23.7 Å². The molecule has 1 aromatic carbocycles. The average Bonchev–Trinajstić information content (AvgIpc) is 3.50. The largest absolute Gasteiger partial charge is 0.365 e. The number of nitriles is 1. The number of nitrogens with two attached hydrogens (primary N) is 1. The lowest BCUT2D eigenvalue weighted by Gasteiger charge is -2.40. The maximum atomic E-state index is 12.3. The van der Waals surface area contributed by atoms with Crippen LogP contribution in [-0.4, -0.2) is 49.4 Å². The summed E-state index contributed by atoms with van der Waals surface area (Å²) in [5.41, 5.74) is 8.44. The summed E-state index contributed by atoms with van der Waals surface area (Å²) < 4.78 is 3.48. The number of likely N-dealkylation sites (tertiary alicyclic amines) is 1. The van der Waals surface area contributed by atoms with Crippen molar-refractivity contribution in [3.8, 4) is 17.3 Å². The number of benzene rings is 1. The second kappa shape index (κ2) is 9.59. The van der Waals surface area contributed by atoms with Crippen LogP contribution in [0.25, 0.3) is 11.3 Å². The minimum atomic E-state index is -0.647. The first-order valence-corrected chi connectivity index (χ1v) is 12.3. The molecule has 1 aliphatic carbocycles. The number of carbonyl (C=O) groups is 2. The normalized spacial score (nSPS) is 17.4. The molecule has 0 bridgehead atoms. The summed E-state index contributed by atoms with van der Waals surface area (Å²) in [6.45, 7) is 2.36. The summed E-state index contributed by atoms with van der Waals surface area (Å²) in [7, 11) is 1.91. The summed E-state index contributed by atoms with van der Waals surface area (Å²) in [5.74, 6) is -0.621. The Morgan fingerprint density at radius 3 is 2.47 bits per heavy atom. The van der Waals surface area contributed by atoms with Gasteiger partial charge in [-0.15, -0.1) is 0 Å². The van der Waals surface area contributed by atoms with Crippen molar-refractivity contribution in [1.29, 1.82) is 5.26 Å². The third kappa shape index (κ3) is 4.88. The molecule has 2 fully saturated rings. The van der Waals surface area contributed by atoms with Crippen LogP contribution in [0.1, 0.15) is 48.0 Å². The highest BCUT2D eigenvalue weighted by Crippen LogP contribution is 2.36. The zero-order valence-electron chi connectivity index (χ0n) is 20.4. The molecule has 1 aliphatic heterocycles. The molecule has 2 amide bonds. The summed E-state index contributed by atoms with van der Waals surface area (Å²) in [4.78, 5) is 26.7. The highest BCUT2D eigenvalue weighted by atomic mass is 16.2. The molecular formula is C26H30N8O2. The van der Waals surface area contributed by atoms with Crippen LogP contribution in [0.3, 0.4) is 0 Å². The predicted molar refractivity (Wildman–Crippen MR) is 133 cm³/mol. The van der Waals surface area contributed by atoms with E-state index in [0.717, 1.165) is 43.7 Å². The van der Waals surface area contributed by atoms with Crippen LogP contribution in [-0.2, 0) is 23.9 Å². The Labute approximate surface area is 209 Å². The smallest absolute Gasteiger partial charge is 0.254 e. The van der Waals surface area contributed by atoms with Crippen LogP contribution in [0.2, 0.25) is 0 Å². The van der Waals surface area contributed by atoms with Crippen molar-refractivity contribution in [2.24, 2.45) is 18.7 Å². The van der Waals surface area contributed by atoms with Gasteiger partial charge in [0.25, 0.3) is 5.91 Å². The van der Waals surface area contributed by atoms with E-state index in [2.05, 4.69) is 50.7 Å². The lowest BCUT2D eigenvalue weighted by Crippen LogP contribution is -2.46. The molecule has 3 heterocycles. The van der Waals surface area contributed by atoms with Crippen LogP contribution >= 0.6 is 0 Å². The molecule has 186 valence electrons. The molecule has 2 aromatic heterocycles. The van der Waals surface area contributed by atoms with Gasteiger partial charge in [0, 0.05) is 50.6 Å². The summed E-state index contributed by atoms with van der Waals surface area (Å²) >= 11 is 0. The van der Waals surface area contributed by atoms with Crippen molar-refractivity contribution in [2.75, 3.05) is 18.4 Å². The fourth-order valence-corrected chi connectivity index (χ4v) is 4.82. The summed E-state index contributed by atoms with van der Waals surface area (Å²) in [5, 5.41) is 21.4. The number of carbonyl (C=O) groups excluding carboxylic acids is 2. The van der Waals surface area contributed by atoms with Gasteiger partial charge in [0.2, 0.25) is 5.91 Å². The molecule has 10 nitrogen and oxygen atoms in total. The number of primary amides is 1. The number of nitrogens with zero attached hydrogens (tertiary/aromatic N) is 6. The number of rotatable bonds is 8. The van der Waals surface area contributed by atoms with E-state index in [0.29, 0.717) is 12.8 Å². The molecule has 1 saturated heterocycles. The Hall–Kier alpha value is -3.97. The molecule has 3 aromatic rings. The van der Waals surface area contributed by atoms with Crippen molar-refractivity contribution in [2.45, 2.75) is 44.2 Å². The third-order valence-corrected chi connectivity index (χ3v) is 7.22. The second-order valence-electron chi connectivity index (χ2n) is 9.87. The quantitative estimate of drug-likeness (QED) is 0.503. The number of hydrogen-bond acceptors (Lipinski definition) is 6. The predicted octanol–water partition coefficient (Wildman–Crippen LogP) is 2.64. The maximum absolute atomic E-state index is 12.3. The van der Waals surface area contributed by atoms with E-state index in [-0.39, 0.29) is 29.6 Å². The van der Waals surface area contributed by atoms with Gasteiger partial charge in [-0.25, -0.2) is 0 Å². The zero-order valence-corrected chi connectivity index (χ0v) is 20.4. The Bertz CT molecular complexity index is 1300. The number of piperidine rings is 1. The van der Waals surface area contributed by atoms with Crippen molar-refractivity contribution < 1.29 is 9.59 Å². The molecule has 1 saturated carbocycles. The molecule has 5 rings (SSSR count). The van der Waals surface area contributed by atoms with E-state index in [1.807, 2.05) is 19.3 Å². The highest BCUT2D eigenvalue weighted by molar-refractivity contribution is 6.02. The first-order valence-electron chi connectivity index (χ1n) is 12.3. The molecular weight excluding hydrogens is 456 g/mol. The van der Waals surface area contributed by atoms with Crippen molar-refractivity contribution in [3.63, 3.8) is 0 Å². The molecule has 10 heteroatoms. The minimum Gasteiger partial charge on any atom is -0.365 e. The number of aromatic nitrogens is 4. The molecule has 0 spiro atoms. The SMILES string of the molecule is Cn1ccc(-c2ccc(CN3CCC(CC#N)(n4cc(C(N)=O)c(NC(=O)C5CC5)n4)CC3)cc2)n1. The minimum absolute atomic E-state index is 0.0230. The second-order valence-corrected chi connectivity index (χ2v) is 9.87. The van der Waals surface area contributed by atoms with E-state index >= 15 is 0 Å². The zero-order chi connectivity index (χ0) is 25.3. The Morgan fingerprint density at radius 1 is 1.17 bits per heavy atom. The van der Waals surface area contributed by atoms with Gasteiger partial charge in [0.15, 0.2) is 5.82 Å². The number of hydrogen-bond donors (Lipinski definition) is 2. The molecule has 0 radical (unpaired) electrons. The maximum Gasteiger partial charge on any atom is 0.254 e. The fourth-order valence-electron chi connectivity index (χ4n) is 4.82. The summed E-state index contributed by atoms with van der Waals surface area (Å²) in [6, 6.07) is 12.7. The van der Waals surface area contributed by atoms with Crippen LogP contribution in [0.5, 0.6) is 0 Å². The Balaban J connectivity index is 1.28. The van der Waals surface area contributed by atoms with Gasteiger partial charge in [-0.2, -0.15) is 15.5 Å². The molecule has 36 heavy (non-hydrogen) atoms. The lowest BCUT2D eigenvalue weighted by atomic mass is 9.84. The molecule has 0 atom stereocenters. The van der Waals surface area contributed by atoms with E-state index in [4.69, 9.17) is 5.73 Å². The average molecular weight is 487 g/mol. The highest BCUT2D eigenvalue weighted by Gasteiger charge is 2.39. The monoisotopic (exact) mass is 486 g/mol. The topological polar surface area (TPSA) is 135 Å². The Kier molecular flexibility index (Phi) is 6.33. The first kappa shape index (κ1) is 23.8. The lowest BCUT2D eigenvalue weighted by molar-refractivity contribution is -0.117. The van der Waals surface area contributed by atoms with Crippen LogP contribution in [0, 0.1) is 17.2 Å². The first-order chi connectivity index (χ1) is 17.4. The standard InChI is InChI=1S/C26H30N8O2/c1-32-13-8-22(30-32)19-4-2-18(3-5-19)16-33-14-10-26(9-12-27,11-15-33)34-17-21(23(28)35)24(31-34)29-25(36)20-6-7-20/h2-5,8,13,17,20H,6-7,9-11,14-16H2,1H3,(H2,28,35)(H,29,31,36). The van der Waals surface area contributed by atoms with Gasteiger partial charge >= 0.3 is 0 Å². The van der Waals surface area contributed by atoms with Gasteiger partial charge in [-0.3, -0.25) is 23.9 Å². The number of nitrogens with one attached hydrogen (secondary N) is 1. The van der Waals surface area contributed by atoms with E-state index < -0.39 is 11.4 Å². The molecule has 2 aliphatic rings. The van der Waals surface area contributed by atoms with Crippen LogP contribution in [0.15, 0.2) is 42.7 Å². The van der Waals surface area contributed by atoms with Gasteiger partial charge in [0.1, 0.15) is 5.56 Å². The van der Waals surface area contributed by atoms with Crippen molar-refractivity contribution in [1.82, 2.24) is 24.5 Å². The van der Waals surface area contributed by atoms with Gasteiger partial charge < -0.3 is 11.1 Å².